The summed E-state index contributed by atoms with van der Waals surface area (Å²) in [7, 11) is 0. The Morgan fingerprint density at radius 2 is 2.03 bits per heavy atom. The largest absolute Gasteiger partial charge is 0.388 e. The number of nitrogens with one attached hydrogen (secondary N) is 2. The zero-order valence-corrected chi connectivity index (χ0v) is 17.8. The van der Waals surface area contributed by atoms with E-state index in [0.29, 0.717) is 25.7 Å². The molecule has 4 rings (SSSR count). The molecular formula is C25H31N3O3. The molecule has 2 amide bonds. The van der Waals surface area contributed by atoms with Crippen LogP contribution in [0.25, 0.3) is 0 Å². The van der Waals surface area contributed by atoms with Crippen LogP contribution in [-0.4, -0.2) is 41.0 Å². The van der Waals surface area contributed by atoms with Gasteiger partial charge in [-0.05, 0) is 55.0 Å². The molecule has 2 aromatic carbocycles. The Morgan fingerprint density at radius 1 is 1.19 bits per heavy atom. The van der Waals surface area contributed by atoms with E-state index in [1.54, 1.807) is 0 Å². The number of aryl methyl sites for hydroxylation is 1. The number of hydrogen-bond acceptors (Lipinski definition) is 4. The van der Waals surface area contributed by atoms with E-state index in [-0.39, 0.29) is 17.9 Å². The van der Waals surface area contributed by atoms with E-state index in [4.69, 9.17) is 0 Å². The van der Waals surface area contributed by atoms with Gasteiger partial charge in [0, 0.05) is 37.7 Å². The van der Waals surface area contributed by atoms with Gasteiger partial charge in [-0.1, -0.05) is 42.5 Å². The number of carbonyl (C=O) groups excluding carboxylic acids is 2. The zero-order chi connectivity index (χ0) is 21.6. The van der Waals surface area contributed by atoms with Crippen molar-refractivity contribution in [2.45, 2.75) is 57.2 Å². The van der Waals surface area contributed by atoms with Gasteiger partial charge in [-0.25, -0.2) is 0 Å². The van der Waals surface area contributed by atoms with Crippen LogP contribution < -0.4 is 10.6 Å². The van der Waals surface area contributed by atoms with Gasteiger partial charge in [0.05, 0.1) is 6.10 Å². The molecular weight excluding hydrogens is 390 g/mol. The van der Waals surface area contributed by atoms with Crippen molar-refractivity contribution >= 4 is 17.5 Å². The van der Waals surface area contributed by atoms with Crippen LogP contribution in [0.1, 0.15) is 54.9 Å². The first-order chi connectivity index (χ1) is 15.1. The Morgan fingerprint density at radius 3 is 2.87 bits per heavy atom. The molecule has 0 aromatic heterocycles. The van der Waals surface area contributed by atoms with Gasteiger partial charge in [0.1, 0.15) is 0 Å². The van der Waals surface area contributed by atoms with Crippen LogP contribution in [0.2, 0.25) is 0 Å². The monoisotopic (exact) mass is 421 g/mol. The Kier molecular flexibility index (Phi) is 6.99. The summed E-state index contributed by atoms with van der Waals surface area (Å²) in [6.07, 6.45) is 3.22. The minimum atomic E-state index is -0.686. The van der Waals surface area contributed by atoms with E-state index in [9.17, 15) is 14.7 Å². The SMILES string of the molecule is O=C1CCc2cc([C@H](O)CCC(=O)N[C@H]3CCCN(Cc4ccccc4)C3)ccc2N1. The second kappa shape index (κ2) is 10.1. The fraction of sp³-hybridized carbons (Fsp3) is 0.440. The molecule has 6 heteroatoms. The lowest BCUT2D eigenvalue weighted by molar-refractivity contribution is -0.122. The number of fused-ring (bicyclic) bond motifs is 1. The molecule has 2 aliphatic heterocycles. The average Bonchev–Trinajstić information content (AvgIpc) is 2.78. The molecule has 0 aliphatic carbocycles. The van der Waals surface area contributed by atoms with Crippen molar-refractivity contribution in [3.05, 3.63) is 65.2 Å². The highest BCUT2D eigenvalue weighted by molar-refractivity contribution is 5.93. The van der Waals surface area contributed by atoms with Gasteiger partial charge in [0.15, 0.2) is 0 Å². The molecule has 2 aliphatic rings. The first kappa shape index (κ1) is 21.5. The third-order valence-corrected chi connectivity index (χ3v) is 6.17. The fourth-order valence-electron chi connectivity index (χ4n) is 4.50. The molecule has 2 heterocycles. The number of rotatable bonds is 7. The van der Waals surface area contributed by atoms with Crippen molar-refractivity contribution in [1.29, 1.82) is 0 Å². The summed E-state index contributed by atoms with van der Waals surface area (Å²) >= 11 is 0. The number of aliphatic hydroxyl groups is 1. The molecule has 0 spiro atoms. The van der Waals surface area contributed by atoms with Crippen LogP contribution in [0.4, 0.5) is 5.69 Å². The van der Waals surface area contributed by atoms with E-state index < -0.39 is 6.10 Å². The average molecular weight is 422 g/mol. The van der Waals surface area contributed by atoms with Gasteiger partial charge in [0.25, 0.3) is 0 Å². The fourth-order valence-corrected chi connectivity index (χ4v) is 4.50. The number of benzene rings is 2. The quantitative estimate of drug-likeness (QED) is 0.641. The summed E-state index contributed by atoms with van der Waals surface area (Å²) in [6.45, 7) is 2.82. The van der Waals surface area contributed by atoms with Crippen molar-refractivity contribution in [1.82, 2.24) is 10.2 Å². The Balaban J connectivity index is 1.24. The van der Waals surface area contributed by atoms with Gasteiger partial charge in [0.2, 0.25) is 11.8 Å². The minimum Gasteiger partial charge on any atom is -0.388 e. The number of piperidine rings is 1. The lowest BCUT2D eigenvalue weighted by Gasteiger charge is -2.33. The number of amides is 2. The molecule has 0 unspecified atom stereocenters. The van der Waals surface area contributed by atoms with Crippen molar-refractivity contribution in [2.75, 3.05) is 18.4 Å². The molecule has 1 saturated heterocycles. The van der Waals surface area contributed by atoms with Crippen LogP contribution in [0, 0.1) is 0 Å². The Hall–Kier alpha value is -2.70. The summed E-state index contributed by atoms with van der Waals surface area (Å²) < 4.78 is 0. The van der Waals surface area contributed by atoms with Crippen LogP contribution >= 0.6 is 0 Å². The number of anilines is 1. The van der Waals surface area contributed by atoms with Gasteiger partial charge in [-0.15, -0.1) is 0 Å². The molecule has 164 valence electrons. The van der Waals surface area contributed by atoms with Crippen molar-refractivity contribution in [3.8, 4) is 0 Å². The zero-order valence-electron chi connectivity index (χ0n) is 17.8. The van der Waals surface area contributed by atoms with E-state index in [2.05, 4.69) is 39.8 Å². The summed E-state index contributed by atoms with van der Waals surface area (Å²) in [6, 6.07) is 16.2. The number of aliphatic hydroxyl groups excluding tert-OH is 1. The predicted molar refractivity (Wildman–Crippen MR) is 120 cm³/mol. The smallest absolute Gasteiger partial charge is 0.224 e. The van der Waals surface area contributed by atoms with E-state index >= 15 is 0 Å². The predicted octanol–water partition coefficient (Wildman–Crippen LogP) is 3.17. The van der Waals surface area contributed by atoms with Gasteiger partial charge >= 0.3 is 0 Å². The number of likely N-dealkylation sites (tertiary alicyclic amines) is 1. The summed E-state index contributed by atoms with van der Waals surface area (Å²) in [5.74, 6) is 0.0263. The van der Waals surface area contributed by atoms with Crippen molar-refractivity contribution in [2.24, 2.45) is 0 Å². The maximum absolute atomic E-state index is 12.5. The summed E-state index contributed by atoms with van der Waals surface area (Å²) in [5, 5.41) is 16.6. The van der Waals surface area contributed by atoms with Crippen molar-refractivity contribution in [3.63, 3.8) is 0 Å². The van der Waals surface area contributed by atoms with Crippen LogP contribution in [0.15, 0.2) is 48.5 Å². The first-order valence-corrected chi connectivity index (χ1v) is 11.2. The van der Waals surface area contributed by atoms with Crippen LogP contribution in [-0.2, 0) is 22.6 Å². The molecule has 1 fully saturated rings. The first-order valence-electron chi connectivity index (χ1n) is 11.2. The van der Waals surface area contributed by atoms with Crippen molar-refractivity contribution < 1.29 is 14.7 Å². The lowest BCUT2D eigenvalue weighted by atomic mass is 9.96. The molecule has 6 nitrogen and oxygen atoms in total. The van der Waals surface area contributed by atoms with E-state index in [0.717, 1.165) is 49.3 Å². The second-order valence-corrected chi connectivity index (χ2v) is 8.65. The number of carbonyl (C=O) groups is 2. The topological polar surface area (TPSA) is 81.7 Å². The molecule has 31 heavy (non-hydrogen) atoms. The lowest BCUT2D eigenvalue weighted by Crippen LogP contribution is -2.47. The van der Waals surface area contributed by atoms with Crippen LogP contribution in [0.5, 0.6) is 0 Å². The molecule has 3 N–H and O–H groups in total. The number of nitrogens with zero attached hydrogens (tertiary/aromatic N) is 1. The molecule has 0 bridgehead atoms. The molecule has 2 atom stereocenters. The molecule has 0 radical (unpaired) electrons. The second-order valence-electron chi connectivity index (χ2n) is 8.65. The van der Waals surface area contributed by atoms with Crippen LogP contribution in [0.3, 0.4) is 0 Å². The summed E-state index contributed by atoms with van der Waals surface area (Å²) in [4.78, 5) is 26.4. The normalized spacial score (nSPS) is 19.9. The van der Waals surface area contributed by atoms with Gasteiger partial charge in [-0.3, -0.25) is 14.5 Å². The van der Waals surface area contributed by atoms with E-state index in [1.807, 2.05) is 24.3 Å². The Labute approximate surface area is 183 Å². The third-order valence-electron chi connectivity index (χ3n) is 6.17. The summed E-state index contributed by atoms with van der Waals surface area (Å²) in [5.41, 5.74) is 3.96. The van der Waals surface area contributed by atoms with E-state index in [1.165, 1.54) is 5.56 Å². The third kappa shape index (κ3) is 5.93. The maximum atomic E-state index is 12.5. The van der Waals surface area contributed by atoms with Gasteiger partial charge in [-0.2, -0.15) is 0 Å². The highest BCUT2D eigenvalue weighted by Gasteiger charge is 2.22. The Bertz CT molecular complexity index is 915. The standard InChI is InChI=1S/C25H31N3O3/c29-23(20-8-10-22-19(15-20)9-12-25(31)27-22)11-13-24(30)26-21-7-4-14-28(17-21)16-18-5-2-1-3-6-18/h1-3,5-6,8,10,15,21,23,29H,4,7,9,11-14,16-17H2,(H,26,30)(H,27,31)/t21-,23+/m0/s1. The maximum Gasteiger partial charge on any atom is 0.224 e. The molecule has 2 aromatic rings. The minimum absolute atomic E-state index is 0.00386. The van der Waals surface area contributed by atoms with Gasteiger partial charge < -0.3 is 15.7 Å². The highest BCUT2D eigenvalue weighted by Crippen LogP contribution is 2.27. The highest BCUT2D eigenvalue weighted by atomic mass is 16.3. The molecule has 0 saturated carbocycles. The number of hydrogen-bond donors (Lipinski definition) is 3.